The van der Waals surface area contributed by atoms with Crippen LogP contribution in [0.15, 0.2) is 83.7 Å². The summed E-state index contributed by atoms with van der Waals surface area (Å²) in [5, 5.41) is 4.95. The Balaban J connectivity index is 1.41. The van der Waals surface area contributed by atoms with Gasteiger partial charge in [0.2, 0.25) is 0 Å². The predicted octanol–water partition coefficient (Wildman–Crippen LogP) is 3.07. The van der Waals surface area contributed by atoms with Crippen molar-refractivity contribution in [3.05, 3.63) is 106 Å². The summed E-state index contributed by atoms with van der Waals surface area (Å²) in [5.41, 5.74) is 5.92. The fourth-order valence-corrected chi connectivity index (χ4v) is 3.31. The van der Waals surface area contributed by atoms with Crippen molar-refractivity contribution in [1.82, 2.24) is 20.6 Å². The van der Waals surface area contributed by atoms with E-state index < -0.39 is 11.8 Å². The van der Waals surface area contributed by atoms with Crippen molar-refractivity contribution in [2.45, 2.75) is 20.1 Å². The van der Waals surface area contributed by atoms with Gasteiger partial charge in [-0.25, -0.2) is 4.68 Å². The summed E-state index contributed by atoms with van der Waals surface area (Å²) in [7, 11) is 0. The molecule has 0 spiro atoms. The highest BCUT2D eigenvalue weighted by atomic mass is 16.5. The number of benzene rings is 3. The summed E-state index contributed by atoms with van der Waals surface area (Å²) >= 11 is 0. The van der Waals surface area contributed by atoms with Crippen LogP contribution in [0.3, 0.4) is 0 Å². The highest BCUT2D eigenvalue weighted by Gasteiger charge is 2.17. The molecule has 0 bridgehead atoms. The summed E-state index contributed by atoms with van der Waals surface area (Å²) in [6, 6.07) is 23.1. The van der Waals surface area contributed by atoms with E-state index in [9.17, 15) is 14.4 Å². The lowest BCUT2D eigenvalue weighted by Gasteiger charge is -2.11. The number of rotatable bonds is 6. The molecule has 0 aliphatic carbocycles. The summed E-state index contributed by atoms with van der Waals surface area (Å²) in [6.45, 7) is 2.50. The average Bonchev–Trinajstić information content (AvgIpc) is 2.87. The molecule has 1 aromatic heterocycles. The van der Waals surface area contributed by atoms with Gasteiger partial charge in [-0.3, -0.25) is 25.2 Å². The predicted molar refractivity (Wildman–Crippen MR) is 124 cm³/mol. The van der Waals surface area contributed by atoms with Gasteiger partial charge >= 0.3 is 0 Å². The van der Waals surface area contributed by atoms with E-state index >= 15 is 0 Å². The number of amides is 2. The Hall–Kier alpha value is -4.46. The Bertz CT molecular complexity index is 1350. The fourth-order valence-electron chi connectivity index (χ4n) is 3.31. The Labute approximate surface area is 189 Å². The van der Waals surface area contributed by atoms with Crippen LogP contribution in [0.1, 0.15) is 33.3 Å². The highest BCUT2D eigenvalue weighted by molar-refractivity contribution is 6.06. The van der Waals surface area contributed by atoms with E-state index in [0.717, 1.165) is 5.56 Å². The number of hydrogen-bond donors (Lipinski definition) is 2. The maximum absolute atomic E-state index is 12.7. The maximum Gasteiger partial charge on any atom is 0.290 e. The SMILES string of the molecule is CCn1nc(C(=O)NNC(=O)c2ccc(OCc3ccccc3)cc2)c2ccccc2c1=O. The molecule has 0 saturated carbocycles. The topological polar surface area (TPSA) is 102 Å². The van der Waals surface area contributed by atoms with Crippen molar-refractivity contribution in [2.24, 2.45) is 0 Å². The number of carbonyl (C=O) groups excluding carboxylic acids is 2. The van der Waals surface area contributed by atoms with E-state index in [4.69, 9.17) is 4.74 Å². The first kappa shape index (κ1) is 21.8. The minimum Gasteiger partial charge on any atom is -0.489 e. The van der Waals surface area contributed by atoms with Gasteiger partial charge in [0.25, 0.3) is 17.4 Å². The standard InChI is InChI=1S/C25H22N4O4/c1-2-29-25(32)21-11-7-6-10-20(21)22(28-29)24(31)27-26-23(30)18-12-14-19(15-13-18)33-16-17-8-4-3-5-9-17/h3-15H,2,16H2,1H3,(H,26,30)(H,27,31). The summed E-state index contributed by atoms with van der Waals surface area (Å²) in [5.74, 6) is -0.493. The first-order chi connectivity index (χ1) is 16.1. The summed E-state index contributed by atoms with van der Waals surface area (Å²) in [4.78, 5) is 37.6. The quantitative estimate of drug-likeness (QED) is 0.447. The molecule has 4 aromatic rings. The van der Waals surface area contributed by atoms with Crippen molar-refractivity contribution < 1.29 is 14.3 Å². The minimum absolute atomic E-state index is 0.0528. The zero-order valence-corrected chi connectivity index (χ0v) is 17.9. The molecule has 33 heavy (non-hydrogen) atoms. The van der Waals surface area contributed by atoms with Gasteiger partial charge in [0, 0.05) is 17.5 Å². The van der Waals surface area contributed by atoms with Gasteiger partial charge in [-0.2, -0.15) is 5.10 Å². The second-order valence-electron chi connectivity index (χ2n) is 7.22. The molecule has 0 unspecified atom stereocenters. The van der Waals surface area contributed by atoms with E-state index in [-0.39, 0.29) is 11.3 Å². The zero-order valence-electron chi connectivity index (χ0n) is 17.9. The Morgan fingerprint density at radius 1 is 0.848 bits per heavy atom. The molecule has 2 amide bonds. The van der Waals surface area contributed by atoms with Crippen LogP contribution in [0.2, 0.25) is 0 Å². The smallest absolute Gasteiger partial charge is 0.290 e. The van der Waals surface area contributed by atoms with E-state index in [0.29, 0.717) is 35.2 Å². The van der Waals surface area contributed by atoms with Crippen molar-refractivity contribution in [3.63, 3.8) is 0 Å². The van der Waals surface area contributed by atoms with Gasteiger partial charge in [-0.05, 0) is 42.8 Å². The molecule has 0 fully saturated rings. The van der Waals surface area contributed by atoms with Crippen LogP contribution in [0.25, 0.3) is 10.8 Å². The lowest BCUT2D eigenvalue weighted by atomic mass is 10.1. The van der Waals surface area contributed by atoms with Crippen LogP contribution >= 0.6 is 0 Å². The van der Waals surface area contributed by atoms with Crippen molar-refractivity contribution in [2.75, 3.05) is 0 Å². The van der Waals surface area contributed by atoms with Gasteiger partial charge < -0.3 is 4.74 Å². The van der Waals surface area contributed by atoms with E-state index in [1.54, 1.807) is 55.5 Å². The third-order valence-electron chi connectivity index (χ3n) is 5.04. The maximum atomic E-state index is 12.7. The summed E-state index contributed by atoms with van der Waals surface area (Å²) < 4.78 is 6.93. The van der Waals surface area contributed by atoms with Gasteiger partial charge in [0.15, 0.2) is 5.69 Å². The second-order valence-corrected chi connectivity index (χ2v) is 7.22. The minimum atomic E-state index is -0.621. The Kier molecular flexibility index (Phi) is 6.45. The van der Waals surface area contributed by atoms with Crippen molar-refractivity contribution >= 4 is 22.6 Å². The number of aryl methyl sites for hydroxylation is 1. The van der Waals surface area contributed by atoms with Crippen LogP contribution in [-0.2, 0) is 13.2 Å². The average molecular weight is 442 g/mol. The molecule has 166 valence electrons. The molecule has 0 radical (unpaired) electrons. The summed E-state index contributed by atoms with van der Waals surface area (Å²) in [6.07, 6.45) is 0. The van der Waals surface area contributed by atoms with Crippen LogP contribution in [0, 0.1) is 0 Å². The zero-order chi connectivity index (χ0) is 23.2. The normalized spacial score (nSPS) is 10.6. The second kappa shape index (κ2) is 9.78. The number of fused-ring (bicyclic) bond motifs is 1. The number of hydrazine groups is 1. The Morgan fingerprint density at radius 3 is 2.18 bits per heavy atom. The van der Waals surface area contributed by atoms with E-state index in [1.807, 2.05) is 30.3 Å². The van der Waals surface area contributed by atoms with E-state index in [1.165, 1.54) is 4.68 Å². The first-order valence-electron chi connectivity index (χ1n) is 10.4. The van der Waals surface area contributed by atoms with Crippen LogP contribution < -0.4 is 21.1 Å². The van der Waals surface area contributed by atoms with Crippen LogP contribution in [-0.4, -0.2) is 21.6 Å². The molecule has 8 nitrogen and oxygen atoms in total. The first-order valence-corrected chi connectivity index (χ1v) is 10.4. The number of aromatic nitrogens is 2. The molecular weight excluding hydrogens is 420 g/mol. The van der Waals surface area contributed by atoms with Crippen LogP contribution in [0.4, 0.5) is 0 Å². The third kappa shape index (κ3) is 4.90. The van der Waals surface area contributed by atoms with Crippen molar-refractivity contribution in [3.8, 4) is 5.75 Å². The lowest BCUT2D eigenvalue weighted by molar-refractivity contribution is 0.0843. The molecule has 1 heterocycles. The van der Waals surface area contributed by atoms with E-state index in [2.05, 4.69) is 16.0 Å². The number of ether oxygens (including phenoxy) is 1. The Morgan fingerprint density at radius 2 is 1.48 bits per heavy atom. The molecule has 0 aliphatic rings. The number of nitrogens with zero attached hydrogens (tertiary/aromatic N) is 2. The largest absolute Gasteiger partial charge is 0.489 e. The van der Waals surface area contributed by atoms with Crippen molar-refractivity contribution in [1.29, 1.82) is 0 Å². The molecular formula is C25H22N4O4. The molecule has 0 saturated heterocycles. The van der Waals surface area contributed by atoms with Crippen LogP contribution in [0.5, 0.6) is 5.75 Å². The molecule has 0 aliphatic heterocycles. The van der Waals surface area contributed by atoms with Gasteiger partial charge in [-0.15, -0.1) is 0 Å². The molecule has 3 aromatic carbocycles. The van der Waals surface area contributed by atoms with Gasteiger partial charge in [0.05, 0.1) is 5.39 Å². The highest BCUT2D eigenvalue weighted by Crippen LogP contribution is 2.15. The molecule has 4 rings (SSSR count). The number of carbonyl (C=O) groups is 2. The third-order valence-corrected chi connectivity index (χ3v) is 5.04. The number of hydrogen-bond acceptors (Lipinski definition) is 5. The monoisotopic (exact) mass is 442 g/mol. The van der Waals surface area contributed by atoms with Gasteiger partial charge in [-0.1, -0.05) is 48.5 Å². The molecule has 0 atom stereocenters. The number of nitrogens with one attached hydrogen (secondary N) is 2. The fraction of sp³-hybridized carbons (Fsp3) is 0.120. The molecule has 2 N–H and O–H groups in total. The molecule has 8 heteroatoms. The van der Waals surface area contributed by atoms with Gasteiger partial charge in [0.1, 0.15) is 12.4 Å². The lowest BCUT2D eigenvalue weighted by Crippen LogP contribution is -2.42.